The van der Waals surface area contributed by atoms with Crippen LogP contribution in [0.5, 0.6) is 0 Å². The van der Waals surface area contributed by atoms with Gasteiger partial charge in [-0.1, -0.05) is 30.3 Å². The summed E-state index contributed by atoms with van der Waals surface area (Å²) in [6, 6.07) is 9.71. The summed E-state index contributed by atoms with van der Waals surface area (Å²) in [4.78, 5) is 13.7. The van der Waals surface area contributed by atoms with E-state index in [1.54, 1.807) is 27.1 Å². The molecule has 0 radical (unpaired) electrons. The minimum Gasteiger partial charge on any atom is -0.389 e. The topological polar surface area (TPSA) is 70.4 Å². The fourth-order valence-corrected chi connectivity index (χ4v) is 2.49. The molecular formula is C18H26N4O2. The number of hydrogen-bond acceptors (Lipinski definition) is 3. The van der Waals surface area contributed by atoms with Gasteiger partial charge in [0, 0.05) is 18.8 Å². The maximum absolute atomic E-state index is 12.2. The smallest absolute Gasteiger partial charge is 0.317 e. The monoisotopic (exact) mass is 330 g/mol. The van der Waals surface area contributed by atoms with Gasteiger partial charge in [0.2, 0.25) is 0 Å². The van der Waals surface area contributed by atoms with Gasteiger partial charge >= 0.3 is 6.03 Å². The Balaban J connectivity index is 1.93. The minimum atomic E-state index is -0.921. The van der Waals surface area contributed by atoms with Crippen molar-refractivity contribution in [3.05, 3.63) is 53.9 Å². The summed E-state index contributed by atoms with van der Waals surface area (Å²) in [7, 11) is 1.67. The van der Waals surface area contributed by atoms with Crippen molar-refractivity contribution < 1.29 is 9.90 Å². The van der Waals surface area contributed by atoms with Crippen molar-refractivity contribution in [1.29, 1.82) is 0 Å². The van der Waals surface area contributed by atoms with Crippen LogP contribution >= 0.6 is 0 Å². The SMILES string of the molecule is CC(NC(=O)N(C)CC(C)(C)O)c1cnn(Cc2ccccc2)c1. The number of aromatic nitrogens is 2. The largest absolute Gasteiger partial charge is 0.389 e. The van der Waals surface area contributed by atoms with Crippen molar-refractivity contribution in [2.24, 2.45) is 0 Å². The second-order valence-electron chi connectivity index (χ2n) is 6.80. The lowest BCUT2D eigenvalue weighted by Gasteiger charge is -2.27. The quantitative estimate of drug-likeness (QED) is 0.854. The van der Waals surface area contributed by atoms with E-state index in [1.165, 1.54) is 10.5 Å². The summed E-state index contributed by atoms with van der Waals surface area (Å²) in [6.07, 6.45) is 3.71. The Bertz CT molecular complexity index is 661. The lowest BCUT2D eigenvalue weighted by atomic mass is 10.1. The molecule has 0 saturated carbocycles. The van der Waals surface area contributed by atoms with Gasteiger partial charge in [0.05, 0.1) is 30.9 Å². The highest BCUT2D eigenvalue weighted by Gasteiger charge is 2.21. The van der Waals surface area contributed by atoms with Crippen molar-refractivity contribution in [2.75, 3.05) is 13.6 Å². The van der Waals surface area contributed by atoms with Crippen LogP contribution in [0.4, 0.5) is 4.79 Å². The van der Waals surface area contributed by atoms with Crippen LogP contribution < -0.4 is 5.32 Å². The van der Waals surface area contributed by atoms with Gasteiger partial charge in [-0.3, -0.25) is 4.68 Å². The highest BCUT2D eigenvalue weighted by Crippen LogP contribution is 2.13. The fourth-order valence-electron chi connectivity index (χ4n) is 2.49. The molecule has 1 aromatic heterocycles. The first kappa shape index (κ1) is 18.0. The minimum absolute atomic E-state index is 0.161. The first-order valence-corrected chi connectivity index (χ1v) is 8.05. The van der Waals surface area contributed by atoms with E-state index in [4.69, 9.17) is 0 Å². The molecule has 0 aliphatic carbocycles. The normalized spacial score (nSPS) is 12.7. The van der Waals surface area contributed by atoms with E-state index in [0.717, 1.165) is 5.56 Å². The van der Waals surface area contributed by atoms with E-state index >= 15 is 0 Å². The Hall–Kier alpha value is -2.34. The fraction of sp³-hybridized carbons (Fsp3) is 0.444. The molecule has 0 bridgehead atoms. The molecule has 2 aromatic rings. The molecule has 2 amide bonds. The average molecular weight is 330 g/mol. The summed E-state index contributed by atoms with van der Waals surface area (Å²) in [6.45, 7) is 6.22. The lowest BCUT2D eigenvalue weighted by molar-refractivity contribution is 0.0528. The molecule has 1 aromatic carbocycles. The number of carbonyl (C=O) groups excluding carboxylic acids is 1. The maximum atomic E-state index is 12.2. The van der Waals surface area contributed by atoms with Crippen LogP contribution in [0.25, 0.3) is 0 Å². The summed E-state index contributed by atoms with van der Waals surface area (Å²) in [5, 5.41) is 17.1. The maximum Gasteiger partial charge on any atom is 0.317 e. The third kappa shape index (κ3) is 5.38. The number of likely N-dealkylation sites (N-methyl/N-ethyl adjacent to an activating group) is 1. The number of carbonyl (C=O) groups is 1. The van der Waals surface area contributed by atoms with Crippen molar-refractivity contribution in [2.45, 2.75) is 39.0 Å². The molecule has 24 heavy (non-hydrogen) atoms. The number of rotatable bonds is 6. The molecule has 6 nitrogen and oxygen atoms in total. The predicted octanol–water partition coefficient (Wildman–Crippen LogP) is 2.40. The Kier molecular flexibility index (Phi) is 5.62. The molecule has 130 valence electrons. The third-order valence-corrected chi connectivity index (χ3v) is 3.65. The van der Waals surface area contributed by atoms with Gasteiger partial charge in [0.1, 0.15) is 0 Å². The van der Waals surface area contributed by atoms with Crippen LogP contribution in [0.15, 0.2) is 42.7 Å². The molecule has 0 aliphatic rings. The molecule has 0 spiro atoms. The van der Waals surface area contributed by atoms with E-state index < -0.39 is 5.60 Å². The molecule has 0 saturated heterocycles. The van der Waals surface area contributed by atoms with Crippen LogP contribution in [0.2, 0.25) is 0 Å². The van der Waals surface area contributed by atoms with Crippen molar-refractivity contribution in [1.82, 2.24) is 20.0 Å². The summed E-state index contributed by atoms with van der Waals surface area (Å²) in [5.41, 5.74) is 1.19. The van der Waals surface area contributed by atoms with Crippen molar-refractivity contribution >= 4 is 6.03 Å². The van der Waals surface area contributed by atoms with Crippen LogP contribution in [-0.2, 0) is 6.54 Å². The molecule has 2 N–H and O–H groups in total. The molecule has 1 unspecified atom stereocenters. The Morgan fingerprint density at radius 2 is 2.04 bits per heavy atom. The molecule has 1 heterocycles. The van der Waals surface area contributed by atoms with Gasteiger partial charge < -0.3 is 15.3 Å². The average Bonchev–Trinajstić information content (AvgIpc) is 2.95. The number of benzene rings is 1. The second kappa shape index (κ2) is 7.49. The number of urea groups is 1. The Labute approximate surface area is 143 Å². The summed E-state index contributed by atoms with van der Waals surface area (Å²) < 4.78 is 1.86. The van der Waals surface area contributed by atoms with E-state index in [0.29, 0.717) is 6.54 Å². The van der Waals surface area contributed by atoms with Crippen molar-refractivity contribution in [3.8, 4) is 0 Å². The first-order chi connectivity index (χ1) is 11.2. The second-order valence-corrected chi connectivity index (χ2v) is 6.80. The number of nitrogens with zero attached hydrogens (tertiary/aromatic N) is 3. The van der Waals surface area contributed by atoms with E-state index in [2.05, 4.69) is 22.5 Å². The van der Waals surface area contributed by atoms with Gasteiger partial charge in [0.15, 0.2) is 0 Å². The zero-order valence-corrected chi connectivity index (χ0v) is 14.7. The van der Waals surface area contributed by atoms with Gasteiger partial charge in [-0.2, -0.15) is 5.10 Å². The highest BCUT2D eigenvalue weighted by molar-refractivity contribution is 5.74. The highest BCUT2D eigenvalue weighted by atomic mass is 16.3. The Morgan fingerprint density at radius 1 is 1.38 bits per heavy atom. The van der Waals surface area contributed by atoms with Crippen LogP contribution in [0, 0.1) is 0 Å². The number of nitrogens with one attached hydrogen (secondary N) is 1. The molecule has 0 fully saturated rings. The van der Waals surface area contributed by atoms with Crippen LogP contribution in [0.3, 0.4) is 0 Å². The van der Waals surface area contributed by atoms with Crippen LogP contribution in [0.1, 0.15) is 37.9 Å². The first-order valence-electron chi connectivity index (χ1n) is 8.05. The van der Waals surface area contributed by atoms with Gasteiger partial charge in [0.25, 0.3) is 0 Å². The molecular weight excluding hydrogens is 304 g/mol. The zero-order chi connectivity index (χ0) is 17.7. The molecule has 2 rings (SSSR count). The lowest BCUT2D eigenvalue weighted by Crippen LogP contribution is -2.45. The molecule has 1 atom stereocenters. The zero-order valence-electron chi connectivity index (χ0n) is 14.7. The van der Waals surface area contributed by atoms with E-state index in [9.17, 15) is 9.90 Å². The van der Waals surface area contributed by atoms with Gasteiger partial charge in [-0.15, -0.1) is 0 Å². The third-order valence-electron chi connectivity index (χ3n) is 3.65. The van der Waals surface area contributed by atoms with Gasteiger partial charge in [-0.05, 0) is 26.3 Å². The summed E-state index contributed by atoms with van der Waals surface area (Å²) in [5.74, 6) is 0. The molecule has 6 heteroatoms. The van der Waals surface area contributed by atoms with E-state index in [1.807, 2.05) is 36.0 Å². The number of amides is 2. The predicted molar refractivity (Wildman–Crippen MR) is 93.6 cm³/mol. The summed E-state index contributed by atoms with van der Waals surface area (Å²) >= 11 is 0. The number of aliphatic hydroxyl groups is 1. The van der Waals surface area contributed by atoms with Gasteiger partial charge in [-0.25, -0.2) is 4.79 Å². The standard InChI is InChI=1S/C18H26N4O2/c1-14(20-17(23)21(4)13-18(2,3)24)16-10-19-22(12-16)11-15-8-6-5-7-9-15/h5-10,12,14,24H,11,13H2,1-4H3,(H,20,23). The van der Waals surface area contributed by atoms with E-state index in [-0.39, 0.29) is 18.6 Å². The molecule has 0 aliphatic heterocycles. The van der Waals surface area contributed by atoms with Crippen LogP contribution in [-0.4, -0.2) is 45.0 Å². The van der Waals surface area contributed by atoms with Crippen molar-refractivity contribution in [3.63, 3.8) is 0 Å². The Morgan fingerprint density at radius 3 is 2.67 bits per heavy atom. The number of hydrogen-bond donors (Lipinski definition) is 2.